The first-order valence-electron chi connectivity index (χ1n) is 4.39. The molecule has 14 heavy (non-hydrogen) atoms. The number of alkyl halides is 4. The summed E-state index contributed by atoms with van der Waals surface area (Å²) in [6.45, 7) is 2.74. The van der Waals surface area contributed by atoms with Crippen LogP contribution < -0.4 is 11.1 Å². The normalized spacial score (nSPS) is 15.2. The molecule has 0 heterocycles. The van der Waals surface area contributed by atoms with E-state index in [9.17, 15) is 17.6 Å². The van der Waals surface area contributed by atoms with E-state index in [1.54, 1.807) is 0 Å². The maximum Gasteiger partial charge on any atom is 0.319 e. The minimum absolute atomic E-state index is 0.111. The molecule has 1 unspecified atom stereocenters. The van der Waals surface area contributed by atoms with Crippen LogP contribution in [-0.4, -0.2) is 31.5 Å². The molecule has 0 aromatic rings. The highest BCUT2D eigenvalue weighted by molar-refractivity contribution is 4.75. The van der Waals surface area contributed by atoms with Crippen LogP contribution in [0, 0.1) is 5.92 Å². The lowest BCUT2D eigenvalue weighted by molar-refractivity contribution is -0.125. The average molecular weight is 216 g/mol. The van der Waals surface area contributed by atoms with Crippen LogP contribution in [-0.2, 0) is 0 Å². The Bertz CT molecular complexity index is 161. The Kier molecular flexibility index (Phi) is 5.36. The van der Waals surface area contributed by atoms with E-state index in [2.05, 4.69) is 5.32 Å². The molecule has 0 radical (unpaired) electrons. The van der Waals surface area contributed by atoms with E-state index in [0.717, 1.165) is 0 Å². The number of halogens is 4. The smallest absolute Gasteiger partial charge is 0.319 e. The molecule has 3 N–H and O–H groups in total. The zero-order valence-electron chi connectivity index (χ0n) is 8.24. The summed E-state index contributed by atoms with van der Waals surface area (Å²) in [6, 6.07) is -0.302. The van der Waals surface area contributed by atoms with Gasteiger partial charge in [0.05, 0.1) is 6.54 Å². The third-order valence-electron chi connectivity index (χ3n) is 1.92. The Morgan fingerprint density at radius 3 is 2.14 bits per heavy atom. The molecule has 0 saturated carbocycles. The van der Waals surface area contributed by atoms with Crippen molar-refractivity contribution >= 4 is 0 Å². The van der Waals surface area contributed by atoms with E-state index in [1.165, 1.54) is 0 Å². The van der Waals surface area contributed by atoms with Crippen molar-refractivity contribution in [3.63, 3.8) is 0 Å². The summed E-state index contributed by atoms with van der Waals surface area (Å²) in [5.41, 5.74) is 5.53. The Morgan fingerprint density at radius 1 is 1.29 bits per heavy atom. The number of hydrogen-bond donors (Lipinski definition) is 2. The minimum Gasteiger partial charge on any atom is -0.326 e. The van der Waals surface area contributed by atoms with Crippen molar-refractivity contribution < 1.29 is 17.6 Å². The second kappa shape index (κ2) is 5.50. The number of nitrogens with one attached hydrogen (secondary N) is 1. The molecular formula is C8H16F4N2. The molecule has 0 aromatic carbocycles. The van der Waals surface area contributed by atoms with Crippen LogP contribution in [0.25, 0.3) is 0 Å². The molecule has 86 valence electrons. The molecular weight excluding hydrogens is 200 g/mol. The summed E-state index contributed by atoms with van der Waals surface area (Å²) in [6.07, 6.45) is -3.63. The van der Waals surface area contributed by atoms with E-state index in [0.29, 0.717) is 0 Å². The molecule has 0 aromatic heterocycles. The van der Waals surface area contributed by atoms with Crippen LogP contribution in [0.5, 0.6) is 0 Å². The van der Waals surface area contributed by atoms with Gasteiger partial charge in [-0.1, -0.05) is 13.8 Å². The maximum absolute atomic E-state index is 12.3. The van der Waals surface area contributed by atoms with Gasteiger partial charge >= 0.3 is 12.3 Å². The Balaban J connectivity index is 3.74. The average Bonchev–Trinajstić information content (AvgIpc) is 2.03. The molecule has 0 fully saturated rings. The summed E-state index contributed by atoms with van der Waals surface area (Å²) >= 11 is 0. The third-order valence-corrected chi connectivity index (χ3v) is 1.92. The number of nitrogens with two attached hydrogens (primary N) is 1. The molecule has 0 spiro atoms. The first kappa shape index (κ1) is 13.6. The Labute approximate surface area is 80.8 Å². The fraction of sp³-hybridized carbons (Fsp3) is 1.00. The van der Waals surface area contributed by atoms with E-state index < -0.39 is 18.9 Å². The van der Waals surface area contributed by atoms with Gasteiger partial charge < -0.3 is 11.1 Å². The topological polar surface area (TPSA) is 38.0 Å². The second-order valence-corrected chi connectivity index (χ2v) is 3.60. The van der Waals surface area contributed by atoms with Gasteiger partial charge in [-0.25, -0.2) is 8.78 Å². The molecule has 0 aliphatic heterocycles. The first-order valence-corrected chi connectivity index (χ1v) is 4.39. The zero-order chi connectivity index (χ0) is 11.4. The van der Waals surface area contributed by atoms with Gasteiger partial charge in [0.15, 0.2) is 0 Å². The van der Waals surface area contributed by atoms with Crippen LogP contribution >= 0.6 is 0 Å². The summed E-state index contributed by atoms with van der Waals surface area (Å²) < 4.78 is 48.0. The van der Waals surface area contributed by atoms with Gasteiger partial charge in [0, 0.05) is 12.6 Å². The van der Waals surface area contributed by atoms with Gasteiger partial charge in [-0.2, -0.15) is 8.78 Å². The van der Waals surface area contributed by atoms with Crippen LogP contribution in [0.2, 0.25) is 0 Å². The molecule has 0 aliphatic carbocycles. The SMILES string of the molecule is CC(C)C(N)CNCC(F)(F)C(F)F. The lowest BCUT2D eigenvalue weighted by Crippen LogP contribution is -2.44. The molecule has 0 bridgehead atoms. The van der Waals surface area contributed by atoms with Crippen molar-refractivity contribution in [2.24, 2.45) is 11.7 Å². The highest BCUT2D eigenvalue weighted by Gasteiger charge is 2.40. The quantitative estimate of drug-likeness (QED) is 0.660. The second-order valence-electron chi connectivity index (χ2n) is 3.60. The standard InChI is InChI=1S/C8H16F4N2/c1-5(2)6(13)3-14-4-8(11,12)7(9)10/h5-7,14H,3-4,13H2,1-2H3. The largest absolute Gasteiger partial charge is 0.326 e. The molecule has 1 atom stereocenters. The third kappa shape index (κ3) is 4.76. The molecule has 0 aliphatic rings. The van der Waals surface area contributed by atoms with Gasteiger partial charge in [0.1, 0.15) is 0 Å². The van der Waals surface area contributed by atoms with E-state index in [-0.39, 0.29) is 18.5 Å². The summed E-state index contributed by atoms with van der Waals surface area (Å²) in [5, 5.41) is 2.23. The summed E-state index contributed by atoms with van der Waals surface area (Å²) in [5.74, 6) is -3.85. The molecule has 0 rings (SSSR count). The highest BCUT2D eigenvalue weighted by Crippen LogP contribution is 2.21. The Hall–Kier alpha value is -0.360. The lowest BCUT2D eigenvalue weighted by Gasteiger charge is -2.19. The summed E-state index contributed by atoms with van der Waals surface area (Å²) in [4.78, 5) is 0. The molecule has 0 amide bonds. The van der Waals surface area contributed by atoms with Crippen molar-refractivity contribution in [2.75, 3.05) is 13.1 Å². The van der Waals surface area contributed by atoms with Gasteiger partial charge in [0.2, 0.25) is 0 Å². The van der Waals surface area contributed by atoms with Crippen LogP contribution in [0.15, 0.2) is 0 Å². The maximum atomic E-state index is 12.3. The molecule has 6 heteroatoms. The van der Waals surface area contributed by atoms with Crippen LogP contribution in [0.1, 0.15) is 13.8 Å². The zero-order valence-corrected chi connectivity index (χ0v) is 8.24. The van der Waals surface area contributed by atoms with Gasteiger partial charge in [-0.15, -0.1) is 0 Å². The van der Waals surface area contributed by atoms with Crippen molar-refractivity contribution in [1.29, 1.82) is 0 Å². The van der Waals surface area contributed by atoms with Crippen molar-refractivity contribution in [3.8, 4) is 0 Å². The van der Waals surface area contributed by atoms with Gasteiger partial charge in [-0.05, 0) is 5.92 Å². The van der Waals surface area contributed by atoms with Crippen LogP contribution in [0.4, 0.5) is 17.6 Å². The van der Waals surface area contributed by atoms with Crippen molar-refractivity contribution in [3.05, 3.63) is 0 Å². The predicted octanol–water partition coefficient (Wildman–Crippen LogP) is 1.46. The lowest BCUT2D eigenvalue weighted by atomic mass is 10.1. The fourth-order valence-electron chi connectivity index (χ4n) is 0.718. The van der Waals surface area contributed by atoms with Crippen molar-refractivity contribution in [1.82, 2.24) is 5.32 Å². The van der Waals surface area contributed by atoms with E-state index in [1.807, 2.05) is 13.8 Å². The number of rotatable bonds is 6. The molecule has 0 saturated heterocycles. The number of hydrogen-bond acceptors (Lipinski definition) is 2. The first-order chi connectivity index (χ1) is 6.27. The Morgan fingerprint density at radius 2 is 1.79 bits per heavy atom. The highest BCUT2D eigenvalue weighted by atomic mass is 19.3. The minimum atomic E-state index is -3.98. The molecule has 2 nitrogen and oxygen atoms in total. The van der Waals surface area contributed by atoms with Crippen LogP contribution in [0.3, 0.4) is 0 Å². The van der Waals surface area contributed by atoms with Gasteiger partial charge in [0.25, 0.3) is 0 Å². The van der Waals surface area contributed by atoms with Gasteiger partial charge in [-0.3, -0.25) is 0 Å². The predicted molar refractivity (Wildman–Crippen MR) is 46.6 cm³/mol. The monoisotopic (exact) mass is 216 g/mol. The fourth-order valence-corrected chi connectivity index (χ4v) is 0.718. The van der Waals surface area contributed by atoms with Crippen molar-refractivity contribution in [2.45, 2.75) is 32.2 Å². The van der Waals surface area contributed by atoms with E-state index >= 15 is 0 Å². The summed E-state index contributed by atoms with van der Waals surface area (Å²) in [7, 11) is 0. The van der Waals surface area contributed by atoms with E-state index in [4.69, 9.17) is 5.73 Å².